The number of halogens is 1. The predicted octanol–water partition coefficient (Wildman–Crippen LogP) is 3.52. The van der Waals surface area contributed by atoms with Crippen molar-refractivity contribution < 1.29 is 9.72 Å². The summed E-state index contributed by atoms with van der Waals surface area (Å²) in [5.41, 5.74) is 1.11. The van der Waals surface area contributed by atoms with E-state index in [0.717, 1.165) is 5.56 Å². The van der Waals surface area contributed by atoms with Crippen LogP contribution in [-0.2, 0) is 6.54 Å². The van der Waals surface area contributed by atoms with Crippen molar-refractivity contribution in [1.29, 1.82) is 0 Å². The lowest BCUT2D eigenvalue weighted by Crippen LogP contribution is -2.26. The topological polar surface area (TPSA) is 63.5 Å². The molecule has 0 atom stereocenters. The standard InChI is InChI=1S/C15H13ClN2O3/c1-17(10-11-5-3-2-4-6-11)15(19)13-8-7-12(18(20)21)9-14(13)16/h2-9H,10H2,1H3. The minimum atomic E-state index is -0.548. The molecule has 0 spiro atoms. The third-order valence-electron chi connectivity index (χ3n) is 3.00. The van der Waals surface area contributed by atoms with E-state index in [4.69, 9.17) is 11.6 Å². The van der Waals surface area contributed by atoms with E-state index in [1.54, 1.807) is 7.05 Å². The van der Waals surface area contributed by atoms with Crippen molar-refractivity contribution in [3.05, 3.63) is 74.8 Å². The van der Waals surface area contributed by atoms with Gasteiger partial charge in [-0.3, -0.25) is 14.9 Å². The first-order valence-electron chi connectivity index (χ1n) is 6.22. The van der Waals surface area contributed by atoms with Gasteiger partial charge in [0.2, 0.25) is 0 Å². The van der Waals surface area contributed by atoms with Crippen LogP contribution in [0.15, 0.2) is 48.5 Å². The minimum absolute atomic E-state index is 0.0779. The first-order chi connectivity index (χ1) is 9.99. The number of hydrogen-bond donors (Lipinski definition) is 0. The fourth-order valence-corrected chi connectivity index (χ4v) is 2.18. The average Bonchev–Trinajstić information content (AvgIpc) is 2.47. The highest BCUT2D eigenvalue weighted by Crippen LogP contribution is 2.23. The Hall–Kier alpha value is -2.40. The molecule has 1 amide bonds. The SMILES string of the molecule is CN(Cc1ccccc1)C(=O)c1ccc([N+](=O)[O-])cc1Cl. The molecule has 0 saturated carbocycles. The molecule has 0 heterocycles. The number of carbonyl (C=O) groups excluding carboxylic acids is 1. The molecule has 2 aromatic rings. The summed E-state index contributed by atoms with van der Waals surface area (Å²) in [4.78, 5) is 24.0. The van der Waals surface area contributed by atoms with Gasteiger partial charge in [0.25, 0.3) is 11.6 Å². The second kappa shape index (κ2) is 6.37. The number of benzene rings is 2. The molecule has 2 aromatic carbocycles. The number of nitro benzene ring substituents is 1. The third-order valence-corrected chi connectivity index (χ3v) is 3.32. The Balaban J connectivity index is 2.18. The van der Waals surface area contributed by atoms with Crippen molar-refractivity contribution in [1.82, 2.24) is 4.90 Å². The summed E-state index contributed by atoms with van der Waals surface area (Å²) in [6, 6.07) is 13.4. The summed E-state index contributed by atoms with van der Waals surface area (Å²) < 4.78 is 0. The molecule has 21 heavy (non-hydrogen) atoms. The van der Waals surface area contributed by atoms with E-state index < -0.39 is 4.92 Å². The van der Waals surface area contributed by atoms with Gasteiger partial charge in [-0.1, -0.05) is 41.9 Å². The normalized spacial score (nSPS) is 10.2. The molecule has 6 heteroatoms. The minimum Gasteiger partial charge on any atom is -0.337 e. The molecule has 0 aromatic heterocycles. The number of hydrogen-bond acceptors (Lipinski definition) is 3. The zero-order valence-corrected chi connectivity index (χ0v) is 12.1. The van der Waals surface area contributed by atoms with Gasteiger partial charge in [0.05, 0.1) is 15.5 Å². The van der Waals surface area contributed by atoms with Crippen LogP contribution in [0.1, 0.15) is 15.9 Å². The predicted molar refractivity (Wildman–Crippen MR) is 80.3 cm³/mol. The largest absolute Gasteiger partial charge is 0.337 e. The van der Waals surface area contributed by atoms with Crippen LogP contribution in [0.4, 0.5) is 5.69 Å². The smallest absolute Gasteiger partial charge is 0.270 e. The van der Waals surface area contributed by atoms with Gasteiger partial charge in [0, 0.05) is 25.7 Å². The Morgan fingerprint density at radius 3 is 2.48 bits per heavy atom. The van der Waals surface area contributed by atoms with Gasteiger partial charge in [-0.25, -0.2) is 0 Å². The molecule has 0 N–H and O–H groups in total. The molecule has 0 aliphatic rings. The molecule has 0 fully saturated rings. The van der Waals surface area contributed by atoms with Gasteiger partial charge >= 0.3 is 0 Å². The van der Waals surface area contributed by atoms with E-state index in [2.05, 4.69) is 0 Å². The quantitative estimate of drug-likeness (QED) is 0.641. The number of non-ortho nitro benzene ring substituents is 1. The Bertz CT molecular complexity index is 674. The van der Waals surface area contributed by atoms with E-state index in [0.29, 0.717) is 6.54 Å². The van der Waals surface area contributed by atoms with E-state index in [1.807, 2.05) is 30.3 Å². The summed E-state index contributed by atoms with van der Waals surface area (Å²) in [5.74, 6) is -0.279. The van der Waals surface area contributed by atoms with E-state index in [1.165, 1.54) is 23.1 Å². The fraction of sp³-hybridized carbons (Fsp3) is 0.133. The molecule has 108 valence electrons. The first-order valence-corrected chi connectivity index (χ1v) is 6.60. The van der Waals surface area contributed by atoms with Crippen LogP contribution in [0, 0.1) is 10.1 Å². The second-order valence-corrected chi connectivity index (χ2v) is 4.98. The van der Waals surface area contributed by atoms with Crippen LogP contribution in [0.3, 0.4) is 0 Å². The van der Waals surface area contributed by atoms with Gasteiger partial charge in [0.15, 0.2) is 0 Å². The summed E-state index contributed by atoms with van der Waals surface area (Å²) in [5, 5.41) is 10.7. The fourth-order valence-electron chi connectivity index (χ4n) is 1.93. The maximum absolute atomic E-state index is 12.3. The van der Waals surface area contributed by atoms with Crippen LogP contribution in [-0.4, -0.2) is 22.8 Å². The molecular formula is C15H13ClN2O3. The molecule has 0 bridgehead atoms. The van der Waals surface area contributed by atoms with Gasteiger partial charge in [-0.15, -0.1) is 0 Å². The van der Waals surface area contributed by atoms with Crippen molar-refractivity contribution in [3.8, 4) is 0 Å². The van der Waals surface area contributed by atoms with Crippen molar-refractivity contribution in [2.75, 3.05) is 7.05 Å². The lowest BCUT2D eigenvalue weighted by Gasteiger charge is -2.18. The van der Waals surface area contributed by atoms with Crippen LogP contribution >= 0.6 is 11.6 Å². The first kappa shape index (κ1) is 15.0. The second-order valence-electron chi connectivity index (χ2n) is 4.57. The highest BCUT2D eigenvalue weighted by molar-refractivity contribution is 6.34. The van der Waals surface area contributed by atoms with E-state index in [-0.39, 0.29) is 22.2 Å². The molecule has 5 nitrogen and oxygen atoms in total. The third kappa shape index (κ3) is 3.58. The van der Waals surface area contributed by atoms with Crippen LogP contribution in [0.2, 0.25) is 5.02 Å². The van der Waals surface area contributed by atoms with Gasteiger partial charge in [-0.05, 0) is 11.6 Å². The van der Waals surface area contributed by atoms with E-state index >= 15 is 0 Å². The maximum atomic E-state index is 12.3. The summed E-state index contributed by atoms with van der Waals surface area (Å²) in [6.45, 7) is 0.437. The number of nitrogens with zero attached hydrogens (tertiary/aromatic N) is 2. The molecular weight excluding hydrogens is 292 g/mol. The highest BCUT2D eigenvalue weighted by atomic mass is 35.5. The Labute approximate surface area is 126 Å². The monoisotopic (exact) mass is 304 g/mol. The molecule has 0 aliphatic carbocycles. The summed E-state index contributed by atoms with van der Waals surface area (Å²) >= 11 is 5.96. The highest BCUT2D eigenvalue weighted by Gasteiger charge is 2.18. The zero-order valence-electron chi connectivity index (χ0n) is 11.3. The number of nitro groups is 1. The van der Waals surface area contributed by atoms with Crippen molar-refractivity contribution >= 4 is 23.2 Å². The van der Waals surface area contributed by atoms with Crippen molar-refractivity contribution in [2.24, 2.45) is 0 Å². The Kier molecular flexibility index (Phi) is 4.55. The van der Waals surface area contributed by atoms with Crippen LogP contribution < -0.4 is 0 Å². The van der Waals surface area contributed by atoms with Gasteiger partial charge in [-0.2, -0.15) is 0 Å². The van der Waals surface area contributed by atoms with Crippen LogP contribution in [0.25, 0.3) is 0 Å². The lowest BCUT2D eigenvalue weighted by atomic mass is 10.1. The molecule has 0 aliphatic heterocycles. The summed E-state index contributed by atoms with van der Waals surface area (Å²) in [7, 11) is 1.66. The van der Waals surface area contributed by atoms with Gasteiger partial charge in [0.1, 0.15) is 0 Å². The summed E-state index contributed by atoms with van der Waals surface area (Å²) in [6.07, 6.45) is 0. The Morgan fingerprint density at radius 1 is 1.24 bits per heavy atom. The Morgan fingerprint density at radius 2 is 1.90 bits per heavy atom. The van der Waals surface area contributed by atoms with Crippen LogP contribution in [0.5, 0.6) is 0 Å². The molecule has 0 unspecified atom stereocenters. The molecule has 0 radical (unpaired) electrons. The van der Waals surface area contributed by atoms with Gasteiger partial charge < -0.3 is 4.90 Å². The number of amides is 1. The average molecular weight is 305 g/mol. The number of rotatable bonds is 4. The van der Waals surface area contributed by atoms with Crippen molar-refractivity contribution in [2.45, 2.75) is 6.54 Å². The van der Waals surface area contributed by atoms with E-state index in [9.17, 15) is 14.9 Å². The molecule has 2 rings (SSSR count). The van der Waals surface area contributed by atoms with Crippen molar-refractivity contribution in [3.63, 3.8) is 0 Å². The lowest BCUT2D eigenvalue weighted by molar-refractivity contribution is -0.384. The maximum Gasteiger partial charge on any atom is 0.270 e. The zero-order chi connectivity index (χ0) is 15.4. The molecule has 0 saturated heterocycles. The number of carbonyl (C=O) groups is 1.